The standard InChI is InChI=1S/C77H47N3S2/c1-3-16-48(17-4-1)55-42-56(44-57(43-55)54-20-15-21-59(45-54)79-69-26-11-7-22-60(69)64-38-40-66-62-24-9-13-28-71(62)81-76(66)74(64)79)52-32-30-50(31-33-52)51-34-36-53(37-35-51)68-46-58(49-18-5-2-6-19-49)47-73(78-68)80-70-27-12-8-23-61(70)65-39-41-67-63-25-10-14-29-72(63)82-77(67)75(65)80/h1-47H. The summed E-state index contributed by atoms with van der Waals surface area (Å²) in [5.41, 5.74) is 19.6. The third-order valence-corrected chi connectivity index (χ3v) is 19.1. The van der Waals surface area contributed by atoms with Crippen molar-refractivity contribution < 1.29 is 0 Å². The highest BCUT2D eigenvalue weighted by Gasteiger charge is 2.22. The highest BCUT2D eigenvalue weighted by Crippen LogP contribution is 2.46. The van der Waals surface area contributed by atoms with Gasteiger partial charge in [0.05, 0.1) is 37.2 Å². The zero-order valence-corrected chi connectivity index (χ0v) is 45.9. The van der Waals surface area contributed by atoms with Crippen molar-refractivity contribution in [2.45, 2.75) is 0 Å². The van der Waals surface area contributed by atoms with E-state index in [0.717, 1.165) is 56.1 Å². The fourth-order valence-corrected chi connectivity index (χ4v) is 15.3. The van der Waals surface area contributed by atoms with Crippen molar-refractivity contribution in [1.29, 1.82) is 0 Å². The summed E-state index contributed by atoms with van der Waals surface area (Å²) in [4.78, 5) is 5.56. The summed E-state index contributed by atoms with van der Waals surface area (Å²) >= 11 is 3.76. The number of rotatable bonds is 8. The SMILES string of the molecule is c1ccc(-c2cc(-c3ccc(-c4ccc(-c5cc(-c6ccccc6)cc(-n6c7ccccc7c7ccc8c9ccccc9sc8c76)n5)cc4)cc3)cc(-c3cccc(-n4c5ccccc5c5ccc6c7ccccc7sc6c54)c3)c2)cc1. The van der Waals surface area contributed by atoms with E-state index in [1.54, 1.807) is 0 Å². The number of hydrogen-bond donors (Lipinski definition) is 0. The van der Waals surface area contributed by atoms with Gasteiger partial charge in [0.25, 0.3) is 0 Å². The fourth-order valence-electron chi connectivity index (χ4n) is 12.8. The number of fused-ring (bicyclic) bond motifs is 14. The first-order valence-corrected chi connectivity index (χ1v) is 29.5. The van der Waals surface area contributed by atoms with Crippen LogP contribution in [0.5, 0.6) is 0 Å². The third-order valence-electron chi connectivity index (χ3n) is 16.7. The molecular weight excluding hydrogens is 1030 g/mol. The van der Waals surface area contributed by atoms with Crippen molar-refractivity contribution in [3.05, 3.63) is 285 Å². The topological polar surface area (TPSA) is 22.8 Å². The second-order valence-corrected chi connectivity index (χ2v) is 23.5. The van der Waals surface area contributed by atoms with Gasteiger partial charge in [-0.15, -0.1) is 22.7 Å². The quantitative estimate of drug-likeness (QED) is 0.149. The normalized spacial score (nSPS) is 11.9. The lowest BCUT2D eigenvalue weighted by Crippen LogP contribution is -2.00. The molecule has 0 aliphatic heterocycles. The van der Waals surface area contributed by atoms with Gasteiger partial charge in [-0.1, -0.05) is 218 Å². The molecule has 0 bridgehead atoms. The van der Waals surface area contributed by atoms with E-state index in [2.05, 4.69) is 294 Å². The molecular formula is C77H47N3S2. The minimum Gasteiger partial charge on any atom is -0.308 e. The molecule has 17 aromatic rings. The highest BCUT2D eigenvalue weighted by atomic mass is 32.1. The third kappa shape index (κ3) is 7.51. The Hall–Kier alpha value is -10.2. The Balaban J connectivity index is 0.743. The summed E-state index contributed by atoms with van der Waals surface area (Å²) in [6, 6.07) is 105. The summed E-state index contributed by atoms with van der Waals surface area (Å²) in [6.45, 7) is 0. The van der Waals surface area contributed by atoms with E-state index in [1.807, 2.05) is 22.7 Å². The fraction of sp³-hybridized carbons (Fsp3) is 0. The van der Waals surface area contributed by atoms with Crippen LogP contribution in [0.3, 0.4) is 0 Å². The van der Waals surface area contributed by atoms with Gasteiger partial charge < -0.3 is 4.57 Å². The van der Waals surface area contributed by atoms with Gasteiger partial charge in [-0.25, -0.2) is 4.98 Å². The molecule has 0 unspecified atom stereocenters. The Kier molecular flexibility index (Phi) is 10.7. The van der Waals surface area contributed by atoms with Crippen LogP contribution in [-0.4, -0.2) is 14.1 Å². The van der Waals surface area contributed by atoms with Gasteiger partial charge in [0.15, 0.2) is 0 Å². The first-order valence-electron chi connectivity index (χ1n) is 27.9. The molecule has 0 atom stereocenters. The Bertz CT molecular complexity index is 5370. The summed E-state index contributed by atoms with van der Waals surface area (Å²) in [6.07, 6.45) is 0. The summed E-state index contributed by atoms with van der Waals surface area (Å²) in [7, 11) is 0. The number of nitrogens with zero attached hydrogens (tertiary/aromatic N) is 3. The predicted molar refractivity (Wildman–Crippen MR) is 351 cm³/mol. The van der Waals surface area contributed by atoms with Gasteiger partial charge in [0, 0.05) is 63.7 Å². The molecule has 5 heterocycles. The zero-order valence-electron chi connectivity index (χ0n) is 44.3. The molecule has 382 valence electrons. The maximum Gasteiger partial charge on any atom is 0.138 e. The van der Waals surface area contributed by atoms with Crippen LogP contribution in [0.25, 0.3) is 162 Å². The molecule has 82 heavy (non-hydrogen) atoms. The molecule has 0 saturated carbocycles. The number of thiophene rings is 2. The molecule has 5 aromatic heterocycles. The minimum atomic E-state index is 0.899. The average Bonchev–Trinajstić information content (AvgIpc) is 2.37. The maximum absolute atomic E-state index is 5.56. The van der Waals surface area contributed by atoms with Crippen molar-refractivity contribution in [2.75, 3.05) is 0 Å². The molecule has 0 N–H and O–H groups in total. The number of para-hydroxylation sites is 2. The highest BCUT2D eigenvalue weighted by molar-refractivity contribution is 7.27. The van der Waals surface area contributed by atoms with Crippen LogP contribution in [0, 0.1) is 0 Å². The van der Waals surface area contributed by atoms with Crippen LogP contribution in [0.15, 0.2) is 285 Å². The number of aromatic nitrogens is 3. The second kappa shape index (κ2) is 18.7. The number of benzene rings is 12. The van der Waals surface area contributed by atoms with Gasteiger partial charge in [-0.05, 0) is 122 Å². The van der Waals surface area contributed by atoms with Crippen LogP contribution < -0.4 is 0 Å². The second-order valence-electron chi connectivity index (χ2n) is 21.4. The van der Waals surface area contributed by atoms with Crippen molar-refractivity contribution in [3.63, 3.8) is 0 Å². The van der Waals surface area contributed by atoms with E-state index in [-0.39, 0.29) is 0 Å². The van der Waals surface area contributed by atoms with Gasteiger partial charge >= 0.3 is 0 Å². The van der Waals surface area contributed by atoms with Crippen molar-refractivity contribution in [3.8, 4) is 78.4 Å². The molecule has 0 spiro atoms. The van der Waals surface area contributed by atoms with Crippen LogP contribution in [0.1, 0.15) is 0 Å². The molecule has 0 saturated heterocycles. The molecule has 0 radical (unpaired) electrons. The van der Waals surface area contributed by atoms with Crippen molar-refractivity contribution in [2.24, 2.45) is 0 Å². The van der Waals surface area contributed by atoms with Gasteiger partial charge in [-0.2, -0.15) is 0 Å². The van der Waals surface area contributed by atoms with E-state index in [0.29, 0.717) is 0 Å². The zero-order chi connectivity index (χ0) is 53.8. The van der Waals surface area contributed by atoms with Crippen molar-refractivity contribution in [1.82, 2.24) is 14.1 Å². The minimum absolute atomic E-state index is 0.899. The Morgan fingerprint density at radius 1 is 0.244 bits per heavy atom. The summed E-state index contributed by atoms with van der Waals surface area (Å²) in [5, 5.41) is 10.2. The Labute approximate surface area is 481 Å². The van der Waals surface area contributed by atoms with E-state index in [9.17, 15) is 0 Å². The van der Waals surface area contributed by atoms with Crippen LogP contribution in [0.4, 0.5) is 0 Å². The number of hydrogen-bond acceptors (Lipinski definition) is 3. The van der Waals surface area contributed by atoms with E-state index >= 15 is 0 Å². The molecule has 3 nitrogen and oxygen atoms in total. The number of pyridine rings is 1. The van der Waals surface area contributed by atoms with Crippen LogP contribution >= 0.6 is 22.7 Å². The summed E-state index contributed by atoms with van der Waals surface area (Å²) in [5.74, 6) is 0.899. The molecule has 17 rings (SSSR count). The monoisotopic (exact) mass is 1080 g/mol. The van der Waals surface area contributed by atoms with Crippen LogP contribution in [-0.2, 0) is 0 Å². The van der Waals surface area contributed by atoms with Crippen molar-refractivity contribution >= 4 is 107 Å². The first-order chi connectivity index (χ1) is 40.6. The maximum atomic E-state index is 5.56. The smallest absolute Gasteiger partial charge is 0.138 e. The lowest BCUT2D eigenvalue weighted by molar-refractivity contribution is 1.09. The van der Waals surface area contributed by atoms with Crippen LogP contribution in [0.2, 0.25) is 0 Å². The summed E-state index contributed by atoms with van der Waals surface area (Å²) < 4.78 is 10.1. The lowest BCUT2D eigenvalue weighted by Gasteiger charge is -2.14. The van der Waals surface area contributed by atoms with E-state index < -0.39 is 0 Å². The largest absolute Gasteiger partial charge is 0.308 e. The predicted octanol–water partition coefficient (Wildman–Crippen LogP) is 22.0. The molecule has 0 aliphatic carbocycles. The molecule has 12 aromatic carbocycles. The lowest BCUT2D eigenvalue weighted by atomic mass is 9.92. The van der Waals surface area contributed by atoms with Gasteiger partial charge in [0.1, 0.15) is 5.82 Å². The average molecular weight is 1080 g/mol. The van der Waals surface area contributed by atoms with Gasteiger partial charge in [0.2, 0.25) is 0 Å². The van der Waals surface area contributed by atoms with E-state index in [1.165, 1.54) is 106 Å². The molecule has 0 amide bonds. The Morgan fingerprint density at radius 2 is 0.646 bits per heavy atom. The molecule has 0 fully saturated rings. The Morgan fingerprint density at radius 3 is 1.21 bits per heavy atom. The molecule has 5 heteroatoms. The van der Waals surface area contributed by atoms with Gasteiger partial charge in [-0.3, -0.25) is 4.57 Å². The molecule has 0 aliphatic rings. The van der Waals surface area contributed by atoms with E-state index in [4.69, 9.17) is 4.98 Å². The first kappa shape index (κ1) is 46.7.